The first-order chi connectivity index (χ1) is 8.47. The average Bonchev–Trinajstić information content (AvgIpc) is 2.90. The minimum absolute atomic E-state index is 0.121. The number of aryl methyl sites for hydroxylation is 1. The number of rotatable bonds is 5. The van der Waals surface area contributed by atoms with E-state index in [9.17, 15) is 8.42 Å². The van der Waals surface area contributed by atoms with E-state index in [1.807, 2.05) is 13.0 Å². The first-order valence-corrected chi connectivity index (χ1v) is 7.65. The van der Waals surface area contributed by atoms with Gasteiger partial charge in [-0.3, -0.25) is 0 Å². The van der Waals surface area contributed by atoms with E-state index in [1.54, 1.807) is 13.1 Å². The van der Waals surface area contributed by atoms with E-state index in [2.05, 4.69) is 0 Å². The molecule has 0 amide bonds. The first-order valence-electron chi connectivity index (χ1n) is 6.04. The number of nitrogens with zero attached hydrogens (tertiary/aromatic N) is 1. The predicted molar refractivity (Wildman–Crippen MR) is 67.6 cm³/mol. The molecule has 1 saturated heterocycles. The molecule has 1 aliphatic heterocycles. The molecular weight excluding hydrogens is 254 g/mol. The maximum Gasteiger partial charge on any atom is 0.214 e. The summed E-state index contributed by atoms with van der Waals surface area (Å²) in [4.78, 5) is 0. The van der Waals surface area contributed by atoms with Crippen molar-refractivity contribution >= 4 is 10.0 Å². The quantitative estimate of drug-likeness (QED) is 0.813. The van der Waals surface area contributed by atoms with Crippen LogP contribution in [-0.2, 0) is 21.3 Å². The Balaban J connectivity index is 1.96. The van der Waals surface area contributed by atoms with Crippen LogP contribution in [0.5, 0.6) is 0 Å². The van der Waals surface area contributed by atoms with Gasteiger partial charge in [0.2, 0.25) is 10.0 Å². The standard InChI is InChI=1S/C12H19NO4S/c1-10-3-4-12(17-10)7-13(2)18(14,15)9-11-5-6-16-8-11/h3-4,11H,5-9H2,1-2H3/t11-/m0/s1. The lowest BCUT2D eigenvalue weighted by Crippen LogP contribution is -2.31. The summed E-state index contributed by atoms with van der Waals surface area (Å²) in [5.74, 6) is 1.74. The highest BCUT2D eigenvalue weighted by molar-refractivity contribution is 7.89. The second-order valence-electron chi connectivity index (χ2n) is 4.78. The summed E-state index contributed by atoms with van der Waals surface area (Å²) in [5.41, 5.74) is 0. The van der Waals surface area contributed by atoms with Gasteiger partial charge in [0, 0.05) is 13.7 Å². The zero-order valence-electron chi connectivity index (χ0n) is 10.8. The molecule has 0 aliphatic carbocycles. The van der Waals surface area contributed by atoms with E-state index in [4.69, 9.17) is 9.15 Å². The van der Waals surface area contributed by atoms with E-state index in [0.29, 0.717) is 19.0 Å². The summed E-state index contributed by atoms with van der Waals surface area (Å²) >= 11 is 0. The Bertz CT molecular complexity index is 488. The van der Waals surface area contributed by atoms with Gasteiger partial charge in [0.1, 0.15) is 11.5 Å². The molecule has 2 heterocycles. The molecule has 18 heavy (non-hydrogen) atoms. The van der Waals surface area contributed by atoms with Crippen LogP contribution >= 0.6 is 0 Å². The van der Waals surface area contributed by atoms with E-state index in [1.165, 1.54) is 4.31 Å². The Morgan fingerprint density at radius 1 is 1.44 bits per heavy atom. The van der Waals surface area contributed by atoms with Gasteiger partial charge in [0.15, 0.2) is 0 Å². The lowest BCUT2D eigenvalue weighted by Gasteiger charge is -2.17. The Labute approximate surface area is 108 Å². The molecule has 0 saturated carbocycles. The van der Waals surface area contributed by atoms with Crippen LogP contribution in [0, 0.1) is 12.8 Å². The summed E-state index contributed by atoms with van der Waals surface area (Å²) in [7, 11) is -1.65. The molecule has 0 unspecified atom stereocenters. The third-order valence-corrected chi connectivity index (χ3v) is 5.09. The fourth-order valence-corrected chi connectivity index (χ4v) is 3.46. The molecule has 0 radical (unpaired) electrons. The summed E-state index contributed by atoms with van der Waals surface area (Å²) in [6.45, 7) is 3.34. The van der Waals surface area contributed by atoms with E-state index >= 15 is 0 Å². The predicted octanol–water partition coefficient (Wildman–Crippen LogP) is 1.39. The second kappa shape index (κ2) is 5.42. The zero-order chi connectivity index (χ0) is 13.2. The van der Waals surface area contributed by atoms with Crippen LogP contribution in [0.15, 0.2) is 16.5 Å². The molecule has 0 bridgehead atoms. The molecular formula is C12H19NO4S. The monoisotopic (exact) mass is 273 g/mol. The molecule has 1 fully saturated rings. The van der Waals surface area contributed by atoms with Gasteiger partial charge in [-0.25, -0.2) is 8.42 Å². The fourth-order valence-electron chi connectivity index (χ4n) is 2.03. The van der Waals surface area contributed by atoms with Gasteiger partial charge in [0.25, 0.3) is 0 Å². The zero-order valence-corrected chi connectivity index (χ0v) is 11.6. The summed E-state index contributed by atoms with van der Waals surface area (Å²) in [6, 6.07) is 3.64. The van der Waals surface area contributed by atoms with Crippen molar-refractivity contribution in [1.82, 2.24) is 4.31 Å². The van der Waals surface area contributed by atoms with Gasteiger partial charge in [-0.05, 0) is 31.4 Å². The molecule has 1 aliphatic rings. The van der Waals surface area contributed by atoms with Crippen molar-refractivity contribution in [1.29, 1.82) is 0 Å². The largest absolute Gasteiger partial charge is 0.465 e. The molecule has 0 spiro atoms. The average molecular weight is 273 g/mol. The third kappa shape index (κ3) is 3.34. The Kier molecular flexibility index (Phi) is 4.09. The highest BCUT2D eigenvalue weighted by Gasteiger charge is 2.26. The summed E-state index contributed by atoms with van der Waals surface area (Å²) in [6.07, 6.45) is 0.826. The van der Waals surface area contributed by atoms with E-state index < -0.39 is 10.0 Å². The minimum Gasteiger partial charge on any atom is -0.465 e. The maximum absolute atomic E-state index is 12.1. The molecule has 0 aromatic carbocycles. The van der Waals surface area contributed by atoms with Crippen LogP contribution in [-0.4, -0.2) is 38.7 Å². The molecule has 5 nitrogen and oxygen atoms in total. The van der Waals surface area contributed by atoms with E-state index in [0.717, 1.165) is 12.2 Å². The fraction of sp³-hybridized carbons (Fsp3) is 0.667. The van der Waals surface area contributed by atoms with Gasteiger partial charge in [-0.15, -0.1) is 0 Å². The molecule has 1 aromatic rings. The van der Waals surface area contributed by atoms with Crippen molar-refractivity contribution in [2.75, 3.05) is 26.0 Å². The van der Waals surface area contributed by atoms with Crippen molar-refractivity contribution in [3.05, 3.63) is 23.7 Å². The van der Waals surface area contributed by atoms with Crippen LogP contribution in [0.2, 0.25) is 0 Å². The second-order valence-corrected chi connectivity index (χ2v) is 6.90. The van der Waals surface area contributed by atoms with E-state index in [-0.39, 0.29) is 18.2 Å². The lowest BCUT2D eigenvalue weighted by atomic mass is 10.2. The Morgan fingerprint density at radius 3 is 2.78 bits per heavy atom. The van der Waals surface area contributed by atoms with Crippen molar-refractivity contribution < 1.29 is 17.6 Å². The van der Waals surface area contributed by atoms with Gasteiger partial charge in [0.05, 0.1) is 18.9 Å². The molecule has 2 rings (SSSR count). The minimum atomic E-state index is -3.24. The molecule has 0 N–H and O–H groups in total. The Hall–Kier alpha value is -0.850. The Morgan fingerprint density at radius 2 is 2.22 bits per heavy atom. The van der Waals surface area contributed by atoms with Crippen LogP contribution in [0.1, 0.15) is 17.9 Å². The van der Waals surface area contributed by atoms with Crippen molar-refractivity contribution in [3.8, 4) is 0 Å². The number of hydrogen-bond acceptors (Lipinski definition) is 4. The number of furan rings is 1. The first kappa shape index (κ1) is 13.6. The lowest BCUT2D eigenvalue weighted by molar-refractivity contribution is 0.188. The third-order valence-electron chi connectivity index (χ3n) is 3.12. The molecule has 102 valence electrons. The number of ether oxygens (including phenoxy) is 1. The highest BCUT2D eigenvalue weighted by Crippen LogP contribution is 2.18. The molecule has 6 heteroatoms. The summed E-state index contributed by atoms with van der Waals surface area (Å²) in [5, 5.41) is 0. The smallest absolute Gasteiger partial charge is 0.214 e. The van der Waals surface area contributed by atoms with Gasteiger partial charge in [-0.1, -0.05) is 0 Å². The van der Waals surface area contributed by atoms with Crippen LogP contribution in [0.3, 0.4) is 0 Å². The van der Waals surface area contributed by atoms with Crippen LogP contribution in [0.4, 0.5) is 0 Å². The molecule has 1 atom stereocenters. The van der Waals surface area contributed by atoms with Gasteiger partial charge in [-0.2, -0.15) is 4.31 Å². The molecule has 1 aromatic heterocycles. The normalized spacial score (nSPS) is 20.7. The van der Waals surface area contributed by atoms with Crippen molar-refractivity contribution in [2.24, 2.45) is 5.92 Å². The van der Waals surface area contributed by atoms with Crippen LogP contribution < -0.4 is 0 Å². The number of sulfonamides is 1. The van der Waals surface area contributed by atoms with Crippen LogP contribution in [0.25, 0.3) is 0 Å². The van der Waals surface area contributed by atoms with Gasteiger partial charge >= 0.3 is 0 Å². The maximum atomic E-state index is 12.1. The van der Waals surface area contributed by atoms with Gasteiger partial charge < -0.3 is 9.15 Å². The highest BCUT2D eigenvalue weighted by atomic mass is 32.2. The topological polar surface area (TPSA) is 59.8 Å². The summed E-state index contributed by atoms with van der Waals surface area (Å²) < 4.78 is 36.2. The number of hydrogen-bond donors (Lipinski definition) is 0. The van der Waals surface area contributed by atoms with Crippen molar-refractivity contribution in [2.45, 2.75) is 19.9 Å². The van der Waals surface area contributed by atoms with Crippen molar-refractivity contribution in [3.63, 3.8) is 0 Å². The SMILES string of the molecule is Cc1ccc(CN(C)S(=O)(=O)C[C@H]2CCOC2)o1.